The number of carbonyl (C=O) groups excluding carboxylic acids is 1. The second-order valence-corrected chi connectivity index (χ2v) is 5.16. The maximum atomic E-state index is 11.9. The molecule has 0 fully saturated rings. The molecule has 0 aliphatic carbocycles. The minimum atomic E-state index is -1.08. The van der Waals surface area contributed by atoms with Crippen molar-refractivity contribution in [2.24, 2.45) is 0 Å². The summed E-state index contributed by atoms with van der Waals surface area (Å²) in [5.41, 5.74) is 1.15. The van der Waals surface area contributed by atoms with Crippen LogP contribution in [0, 0.1) is 0 Å². The standard InChI is InChI=1S/C14H12O2.C6H14O/c15-13(11-7-3-1-4-8-11)14(16)12-9-5-2-6-10-12;1-3-5-7-6-4-2/h1-10,13,15H;3-6H2,1-2H3. The van der Waals surface area contributed by atoms with Gasteiger partial charge in [-0.3, -0.25) is 4.79 Å². The lowest BCUT2D eigenvalue weighted by Crippen LogP contribution is -2.11. The number of Topliss-reactive ketones (excluding diaryl/α,β-unsaturated/α-hetero) is 1. The van der Waals surface area contributed by atoms with Gasteiger partial charge in [0.25, 0.3) is 0 Å². The first-order chi connectivity index (χ1) is 11.2. The lowest BCUT2D eigenvalue weighted by atomic mass is 10.0. The smallest absolute Gasteiger partial charge is 0.195 e. The quantitative estimate of drug-likeness (QED) is 0.607. The fourth-order valence-electron chi connectivity index (χ4n) is 1.94. The molecule has 0 aliphatic heterocycles. The average Bonchev–Trinajstić information content (AvgIpc) is 2.63. The molecule has 0 bridgehead atoms. The summed E-state index contributed by atoms with van der Waals surface area (Å²) in [5.74, 6) is -0.271. The van der Waals surface area contributed by atoms with Crippen molar-refractivity contribution in [1.82, 2.24) is 0 Å². The fourth-order valence-corrected chi connectivity index (χ4v) is 1.94. The molecule has 0 heterocycles. The van der Waals surface area contributed by atoms with Gasteiger partial charge in [-0.2, -0.15) is 0 Å². The number of hydrogen-bond donors (Lipinski definition) is 1. The molecule has 2 aromatic carbocycles. The Morgan fingerprint density at radius 1 is 0.913 bits per heavy atom. The Balaban J connectivity index is 0.000000322. The highest BCUT2D eigenvalue weighted by Gasteiger charge is 2.18. The van der Waals surface area contributed by atoms with Gasteiger partial charge in [0.1, 0.15) is 6.10 Å². The number of rotatable bonds is 7. The van der Waals surface area contributed by atoms with E-state index in [9.17, 15) is 9.90 Å². The number of aliphatic hydroxyl groups excluding tert-OH is 1. The Labute approximate surface area is 138 Å². The number of hydrogen-bond acceptors (Lipinski definition) is 3. The maximum Gasteiger partial charge on any atom is 0.195 e. The number of ether oxygens (including phenoxy) is 1. The molecule has 0 saturated carbocycles. The van der Waals surface area contributed by atoms with E-state index < -0.39 is 6.10 Å². The summed E-state index contributed by atoms with van der Waals surface area (Å²) in [7, 11) is 0. The van der Waals surface area contributed by atoms with Crippen molar-refractivity contribution >= 4 is 5.78 Å². The van der Waals surface area contributed by atoms with E-state index in [-0.39, 0.29) is 5.78 Å². The van der Waals surface area contributed by atoms with Crippen molar-refractivity contribution in [2.45, 2.75) is 32.8 Å². The van der Waals surface area contributed by atoms with Gasteiger partial charge in [0.05, 0.1) is 0 Å². The van der Waals surface area contributed by atoms with Gasteiger partial charge in [-0.1, -0.05) is 74.5 Å². The Morgan fingerprint density at radius 3 is 1.87 bits per heavy atom. The molecular weight excluding hydrogens is 288 g/mol. The van der Waals surface area contributed by atoms with E-state index in [2.05, 4.69) is 13.8 Å². The summed E-state index contributed by atoms with van der Waals surface area (Å²) in [6.45, 7) is 6.09. The van der Waals surface area contributed by atoms with Crippen LogP contribution in [0.2, 0.25) is 0 Å². The van der Waals surface area contributed by atoms with Crippen LogP contribution in [0.5, 0.6) is 0 Å². The highest BCUT2D eigenvalue weighted by Crippen LogP contribution is 2.17. The predicted octanol–water partition coefficient (Wildman–Crippen LogP) is 4.43. The molecule has 3 nitrogen and oxygen atoms in total. The van der Waals surface area contributed by atoms with Crippen LogP contribution >= 0.6 is 0 Å². The summed E-state index contributed by atoms with van der Waals surface area (Å²) in [5, 5.41) is 9.89. The third kappa shape index (κ3) is 7.22. The highest BCUT2D eigenvalue weighted by molar-refractivity contribution is 5.99. The van der Waals surface area contributed by atoms with Crippen LogP contribution in [0.25, 0.3) is 0 Å². The SMILES string of the molecule is CCCOCCC.O=C(c1ccccc1)C(O)c1ccccc1. The summed E-state index contributed by atoms with van der Waals surface area (Å²) >= 11 is 0. The Bertz CT molecular complexity index is 533. The number of aliphatic hydroxyl groups is 1. The van der Waals surface area contributed by atoms with E-state index in [1.807, 2.05) is 12.1 Å². The van der Waals surface area contributed by atoms with Gasteiger partial charge in [-0.15, -0.1) is 0 Å². The predicted molar refractivity (Wildman–Crippen MR) is 93.6 cm³/mol. The molecule has 1 atom stereocenters. The molecule has 0 saturated heterocycles. The van der Waals surface area contributed by atoms with Crippen LogP contribution in [0.4, 0.5) is 0 Å². The fraction of sp³-hybridized carbons (Fsp3) is 0.350. The van der Waals surface area contributed by atoms with Crippen molar-refractivity contribution in [1.29, 1.82) is 0 Å². The highest BCUT2D eigenvalue weighted by atomic mass is 16.5. The van der Waals surface area contributed by atoms with Gasteiger partial charge in [-0.05, 0) is 18.4 Å². The van der Waals surface area contributed by atoms with E-state index in [1.54, 1.807) is 48.5 Å². The summed E-state index contributed by atoms with van der Waals surface area (Å²) in [4.78, 5) is 11.9. The molecule has 124 valence electrons. The van der Waals surface area contributed by atoms with Gasteiger partial charge >= 0.3 is 0 Å². The monoisotopic (exact) mass is 314 g/mol. The van der Waals surface area contributed by atoms with E-state index in [0.29, 0.717) is 11.1 Å². The lowest BCUT2D eigenvalue weighted by Gasteiger charge is -2.09. The summed E-state index contributed by atoms with van der Waals surface area (Å²) in [6.07, 6.45) is 1.20. The van der Waals surface area contributed by atoms with Crippen LogP contribution in [0.3, 0.4) is 0 Å². The Morgan fingerprint density at radius 2 is 1.39 bits per heavy atom. The molecule has 23 heavy (non-hydrogen) atoms. The minimum Gasteiger partial charge on any atom is -0.381 e. The molecule has 1 N–H and O–H groups in total. The van der Waals surface area contributed by atoms with Crippen molar-refractivity contribution in [3.63, 3.8) is 0 Å². The second-order valence-electron chi connectivity index (χ2n) is 5.16. The second kappa shape index (κ2) is 11.6. The largest absolute Gasteiger partial charge is 0.381 e. The van der Waals surface area contributed by atoms with Crippen molar-refractivity contribution in [3.05, 3.63) is 71.8 Å². The summed E-state index contributed by atoms with van der Waals surface area (Å²) < 4.78 is 5.13. The van der Waals surface area contributed by atoms with Crippen LogP contribution in [-0.4, -0.2) is 24.1 Å². The maximum absolute atomic E-state index is 11.9. The average molecular weight is 314 g/mol. The van der Waals surface area contributed by atoms with Gasteiger partial charge in [0, 0.05) is 18.8 Å². The molecule has 2 aromatic rings. The van der Waals surface area contributed by atoms with Crippen LogP contribution in [-0.2, 0) is 4.74 Å². The summed E-state index contributed by atoms with van der Waals surface area (Å²) in [6, 6.07) is 17.7. The Hall–Kier alpha value is -1.97. The van der Waals surface area contributed by atoms with Crippen molar-refractivity contribution in [3.8, 4) is 0 Å². The molecule has 2 rings (SSSR count). The molecule has 0 aliphatic rings. The minimum absolute atomic E-state index is 0.271. The topological polar surface area (TPSA) is 46.5 Å². The van der Waals surface area contributed by atoms with E-state index >= 15 is 0 Å². The number of ketones is 1. The van der Waals surface area contributed by atoms with Gasteiger partial charge < -0.3 is 9.84 Å². The first kappa shape index (κ1) is 19.1. The van der Waals surface area contributed by atoms with Crippen molar-refractivity contribution in [2.75, 3.05) is 13.2 Å². The molecular formula is C20H26O3. The molecule has 0 spiro atoms. The number of benzene rings is 2. The van der Waals surface area contributed by atoms with Crippen LogP contribution in [0.15, 0.2) is 60.7 Å². The Kier molecular flexibility index (Phi) is 9.60. The zero-order chi connectivity index (χ0) is 16.9. The molecule has 3 heteroatoms. The van der Waals surface area contributed by atoms with Crippen LogP contribution < -0.4 is 0 Å². The molecule has 0 amide bonds. The normalized spacial score (nSPS) is 11.3. The molecule has 1 unspecified atom stereocenters. The first-order valence-corrected chi connectivity index (χ1v) is 8.10. The first-order valence-electron chi connectivity index (χ1n) is 8.10. The van der Waals surface area contributed by atoms with Gasteiger partial charge in [0.2, 0.25) is 0 Å². The third-order valence-corrected chi connectivity index (χ3v) is 3.12. The number of carbonyl (C=O) groups is 1. The molecule has 0 aromatic heterocycles. The van der Waals surface area contributed by atoms with Gasteiger partial charge in [0.15, 0.2) is 5.78 Å². The third-order valence-electron chi connectivity index (χ3n) is 3.12. The zero-order valence-electron chi connectivity index (χ0n) is 13.9. The molecule has 0 radical (unpaired) electrons. The van der Waals surface area contributed by atoms with Crippen molar-refractivity contribution < 1.29 is 14.6 Å². The van der Waals surface area contributed by atoms with Gasteiger partial charge in [-0.25, -0.2) is 0 Å². The van der Waals surface area contributed by atoms with E-state index in [1.165, 1.54) is 0 Å². The zero-order valence-corrected chi connectivity index (χ0v) is 13.9. The lowest BCUT2D eigenvalue weighted by molar-refractivity contribution is 0.0747. The van der Waals surface area contributed by atoms with E-state index in [4.69, 9.17) is 4.74 Å². The van der Waals surface area contributed by atoms with Crippen LogP contribution in [0.1, 0.15) is 48.7 Å². The van der Waals surface area contributed by atoms with E-state index in [0.717, 1.165) is 26.1 Å².